The zero-order valence-electron chi connectivity index (χ0n) is 30.8. The third-order valence-electron chi connectivity index (χ3n) is 7.57. The Morgan fingerprint density at radius 2 is 1.17 bits per heavy atom. The molecule has 0 saturated carbocycles. The number of hydrogen-bond donors (Lipinski definition) is 2. The van der Waals surface area contributed by atoms with Crippen LogP contribution in [0.15, 0.2) is 121 Å². The number of hydrogen-bond acceptors (Lipinski definition) is 6. The maximum absolute atomic E-state index is 13.0. The van der Waals surface area contributed by atoms with Crippen molar-refractivity contribution in [1.29, 1.82) is 0 Å². The number of ether oxygens (including phenoxy) is 2. The quantitative estimate of drug-likeness (QED) is 0.0672. The Bertz CT molecular complexity index is 1580. The van der Waals surface area contributed by atoms with E-state index in [1.54, 1.807) is 62.4 Å². The molecule has 0 spiro atoms. The van der Waals surface area contributed by atoms with E-state index >= 15 is 0 Å². The molecule has 2 amide bonds. The number of ketones is 1. The van der Waals surface area contributed by atoms with Gasteiger partial charge in [0.05, 0.1) is 7.11 Å². The summed E-state index contributed by atoms with van der Waals surface area (Å²) in [5.74, 6) is -1.32. The van der Waals surface area contributed by atoms with Crippen molar-refractivity contribution in [2.75, 3.05) is 13.7 Å². The van der Waals surface area contributed by atoms with Gasteiger partial charge in [0.25, 0.3) is 5.91 Å². The maximum Gasteiger partial charge on any atom is 0.330 e. The van der Waals surface area contributed by atoms with Crippen molar-refractivity contribution in [1.82, 2.24) is 10.6 Å². The second kappa shape index (κ2) is 25.1. The average Bonchev–Trinajstić information content (AvgIpc) is 3.14. The van der Waals surface area contributed by atoms with Gasteiger partial charge in [0, 0.05) is 29.1 Å². The number of carbonyl (C=O) groups excluding carboxylic acids is 4. The predicted molar refractivity (Wildman–Crippen MR) is 210 cm³/mol. The Morgan fingerprint density at radius 1 is 0.712 bits per heavy atom. The third-order valence-corrected chi connectivity index (χ3v) is 7.82. The van der Waals surface area contributed by atoms with Crippen LogP contribution in [0.1, 0.15) is 88.1 Å². The Kier molecular flexibility index (Phi) is 20.8. The van der Waals surface area contributed by atoms with Gasteiger partial charge in [-0.1, -0.05) is 91.4 Å². The fourth-order valence-corrected chi connectivity index (χ4v) is 4.77. The summed E-state index contributed by atoms with van der Waals surface area (Å²) in [7, 11) is 1.22. The molecule has 0 aliphatic rings. The summed E-state index contributed by atoms with van der Waals surface area (Å²) in [6.07, 6.45) is 31.7. The molecule has 52 heavy (non-hydrogen) atoms. The standard InChI is InChI=1S/C43H53ClN2O6/c1-5-6-7-8-9-10-11-12-13-14-15-16-17-18-19-20-21-22-23-24-39(47)46-38(41(49)51-4)33-45-42(50)43(2,3)52-37-31-27-35(28-32-37)40(48)34-25-29-36(44)30-26-34/h6-7,9-10,12-13,15-16,18-19,21-22,25-32,38H,5,8,11,14,17,20,23-24,33H2,1-4H3,(H,45,50)(H,46,47)/b7-6-,10-9-,13-12-,16-15-,19-18-,22-21-. The smallest absolute Gasteiger partial charge is 0.330 e. The highest BCUT2D eigenvalue weighted by molar-refractivity contribution is 6.30. The first-order chi connectivity index (χ1) is 25.1. The third kappa shape index (κ3) is 17.8. The van der Waals surface area contributed by atoms with Crippen molar-refractivity contribution in [2.24, 2.45) is 0 Å². The summed E-state index contributed by atoms with van der Waals surface area (Å²) in [6.45, 7) is 5.11. The Balaban J connectivity index is 1.70. The molecule has 2 rings (SSSR count). The summed E-state index contributed by atoms with van der Waals surface area (Å²) in [5.41, 5.74) is -0.379. The van der Waals surface area contributed by atoms with Crippen molar-refractivity contribution in [3.63, 3.8) is 0 Å². The molecular weight excluding hydrogens is 676 g/mol. The molecule has 0 radical (unpaired) electrons. The lowest BCUT2D eigenvalue weighted by Gasteiger charge is -2.26. The van der Waals surface area contributed by atoms with Gasteiger partial charge < -0.3 is 20.1 Å². The van der Waals surface area contributed by atoms with E-state index in [1.807, 2.05) is 12.2 Å². The summed E-state index contributed by atoms with van der Waals surface area (Å²) in [6, 6.07) is 12.0. The largest absolute Gasteiger partial charge is 0.478 e. The molecule has 0 fully saturated rings. The lowest BCUT2D eigenvalue weighted by molar-refractivity contribution is -0.145. The van der Waals surface area contributed by atoms with Crippen LogP contribution in [-0.4, -0.2) is 48.9 Å². The van der Waals surface area contributed by atoms with Crippen LogP contribution in [-0.2, 0) is 19.1 Å². The van der Waals surface area contributed by atoms with E-state index in [9.17, 15) is 19.2 Å². The first-order valence-corrected chi connectivity index (χ1v) is 18.1. The molecule has 0 aliphatic carbocycles. The van der Waals surface area contributed by atoms with Gasteiger partial charge in [0.2, 0.25) is 5.91 Å². The van der Waals surface area contributed by atoms with Crippen LogP contribution in [0.5, 0.6) is 5.75 Å². The normalized spacial score (nSPS) is 12.8. The van der Waals surface area contributed by atoms with Gasteiger partial charge in [0.1, 0.15) is 11.8 Å². The number of methoxy groups -OCH3 is 1. The van der Waals surface area contributed by atoms with Crippen LogP contribution in [0.3, 0.4) is 0 Å². The van der Waals surface area contributed by atoms with E-state index in [-0.39, 0.29) is 24.7 Å². The van der Waals surface area contributed by atoms with Gasteiger partial charge in [0.15, 0.2) is 11.4 Å². The molecule has 2 N–H and O–H groups in total. The zero-order chi connectivity index (χ0) is 38.0. The lowest BCUT2D eigenvalue weighted by Crippen LogP contribution is -2.53. The van der Waals surface area contributed by atoms with E-state index < -0.39 is 23.5 Å². The molecule has 0 saturated heterocycles. The van der Waals surface area contributed by atoms with Crippen molar-refractivity contribution in [3.05, 3.63) is 138 Å². The van der Waals surface area contributed by atoms with Crippen molar-refractivity contribution >= 4 is 35.2 Å². The molecule has 2 aromatic rings. The van der Waals surface area contributed by atoms with Crippen LogP contribution in [0.2, 0.25) is 5.02 Å². The molecule has 1 atom stereocenters. The fraction of sp³-hybridized carbons (Fsp3) is 0.349. The lowest BCUT2D eigenvalue weighted by atomic mass is 10.0. The van der Waals surface area contributed by atoms with Crippen LogP contribution in [0, 0.1) is 0 Å². The molecule has 0 bridgehead atoms. The number of esters is 1. The first-order valence-electron chi connectivity index (χ1n) is 17.7. The van der Waals surface area contributed by atoms with Gasteiger partial charge in [-0.2, -0.15) is 0 Å². The summed E-state index contributed by atoms with van der Waals surface area (Å²) in [4.78, 5) is 50.7. The van der Waals surface area contributed by atoms with Crippen molar-refractivity contribution < 1.29 is 28.7 Å². The van der Waals surface area contributed by atoms with E-state index in [4.69, 9.17) is 21.1 Å². The monoisotopic (exact) mass is 728 g/mol. The number of carbonyl (C=O) groups is 4. The number of benzene rings is 2. The maximum atomic E-state index is 13.0. The first kappa shape index (κ1) is 43.2. The van der Waals surface area contributed by atoms with Gasteiger partial charge in [-0.3, -0.25) is 14.4 Å². The van der Waals surface area contributed by atoms with Crippen LogP contribution in [0.4, 0.5) is 0 Å². The molecular formula is C43H53ClN2O6. The van der Waals surface area contributed by atoms with Crippen LogP contribution >= 0.6 is 11.6 Å². The summed E-state index contributed by atoms with van der Waals surface area (Å²) < 4.78 is 10.7. The van der Waals surface area contributed by atoms with Crippen LogP contribution < -0.4 is 15.4 Å². The van der Waals surface area contributed by atoms with E-state index in [1.165, 1.54) is 7.11 Å². The molecule has 278 valence electrons. The minimum absolute atomic E-state index is 0.173. The van der Waals surface area contributed by atoms with E-state index in [0.717, 1.165) is 38.5 Å². The van der Waals surface area contributed by atoms with Gasteiger partial charge in [-0.15, -0.1) is 0 Å². The number of allylic oxidation sites excluding steroid dienone is 12. The number of amides is 2. The molecule has 2 aromatic carbocycles. The number of halogens is 1. The minimum atomic E-state index is -1.33. The average molecular weight is 729 g/mol. The predicted octanol–water partition coefficient (Wildman–Crippen LogP) is 8.98. The topological polar surface area (TPSA) is 111 Å². The SMILES string of the molecule is CC/C=C\C/C=C\C/C=C\C/C=C\C/C=C\C/C=C\CCC(=O)NC(CNC(=O)C(C)(C)Oc1ccc(C(=O)c2ccc(Cl)cc2)cc1)C(=O)OC. The van der Waals surface area contributed by atoms with Crippen molar-refractivity contribution in [3.8, 4) is 5.75 Å². The Morgan fingerprint density at radius 3 is 1.65 bits per heavy atom. The van der Waals surface area contributed by atoms with Crippen LogP contribution in [0.25, 0.3) is 0 Å². The summed E-state index contributed by atoms with van der Waals surface area (Å²) >= 11 is 5.91. The molecule has 1 unspecified atom stereocenters. The Hall–Kier alpha value is -4.95. The molecule has 8 nitrogen and oxygen atoms in total. The van der Waals surface area contributed by atoms with Gasteiger partial charge in [-0.05, 0) is 107 Å². The highest BCUT2D eigenvalue weighted by atomic mass is 35.5. The second-order valence-corrected chi connectivity index (χ2v) is 12.7. The Labute approximate surface area is 314 Å². The molecule has 0 aliphatic heterocycles. The zero-order valence-corrected chi connectivity index (χ0v) is 31.6. The fourth-order valence-electron chi connectivity index (χ4n) is 4.65. The van der Waals surface area contributed by atoms with Gasteiger partial charge >= 0.3 is 5.97 Å². The number of nitrogens with one attached hydrogen (secondary N) is 2. The van der Waals surface area contributed by atoms with Gasteiger partial charge in [-0.25, -0.2) is 4.79 Å². The van der Waals surface area contributed by atoms with Crippen molar-refractivity contribution in [2.45, 2.75) is 83.8 Å². The van der Waals surface area contributed by atoms with E-state index in [0.29, 0.717) is 28.3 Å². The molecule has 9 heteroatoms. The highest BCUT2D eigenvalue weighted by Crippen LogP contribution is 2.21. The van der Waals surface area contributed by atoms with E-state index in [2.05, 4.69) is 78.3 Å². The number of rotatable bonds is 23. The minimum Gasteiger partial charge on any atom is -0.478 e. The summed E-state index contributed by atoms with van der Waals surface area (Å²) in [5, 5.41) is 5.85. The molecule has 0 heterocycles. The molecule has 0 aromatic heterocycles. The second-order valence-electron chi connectivity index (χ2n) is 12.3. The highest BCUT2D eigenvalue weighted by Gasteiger charge is 2.32.